The highest BCUT2D eigenvalue weighted by molar-refractivity contribution is 6.51. The van der Waals surface area contributed by atoms with E-state index in [0.29, 0.717) is 29.2 Å². The number of ketones is 1. The Balaban J connectivity index is 1.95. The van der Waals surface area contributed by atoms with Gasteiger partial charge in [-0.3, -0.25) is 14.5 Å². The molecular weight excluding hydrogens is 506 g/mol. The average molecular weight is 542 g/mol. The first-order chi connectivity index (χ1) is 19.0. The number of rotatable bonds is 7. The maximum atomic E-state index is 13.6. The predicted octanol–water partition coefficient (Wildman–Crippen LogP) is 6.49. The Hall–Kier alpha value is -4.39. The quantitative estimate of drug-likeness (QED) is 0.159. The number of aliphatic hydroxyl groups excluding tert-OH is 1. The fourth-order valence-electron chi connectivity index (χ4n) is 4.98. The van der Waals surface area contributed by atoms with Gasteiger partial charge in [-0.2, -0.15) is 0 Å². The van der Waals surface area contributed by atoms with Crippen molar-refractivity contribution < 1.29 is 29.0 Å². The van der Waals surface area contributed by atoms with Crippen LogP contribution in [-0.2, 0) is 19.7 Å². The van der Waals surface area contributed by atoms with Crippen molar-refractivity contribution in [2.45, 2.75) is 53.0 Å². The first-order valence-electron chi connectivity index (χ1n) is 13.4. The number of Topliss-reactive ketones (excluding diaryl/α,β-unsaturated/α-hetero) is 1. The van der Waals surface area contributed by atoms with Crippen molar-refractivity contribution in [1.29, 1.82) is 0 Å². The molecule has 1 saturated heterocycles. The summed E-state index contributed by atoms with van der Waals surface area (Å²) in [6, 6.07) is 18.2. The minimum absolute atomic E-state index is 0.0233. The Morgan fingerprint density at radius 1 is 0.925 bits per heavy atom. The molecule has 0 saturated carbocycles. The van der Waals surface area contributed by atoms with Crippen molar-refractivity contribution >= 4 is 29.1 Å². The number of carbonyl (C=O) groups excluding carboxylic acids is 3. The van der Waals surface area contributed by atoms with Gasteiger partial charge in [0, 0.05) is 16.8 Å². The molecule has 208 valence electrons. The molecule has 1 aliphatic rings. The fraction of sp³-hybridized carbons (Fsp3) is 0.303. The molecule has 3 aromatic rings. The number of nitrogens with zero attached hydrogens (tertiary/aromatic N) is 1. The maximum absolute atomic E-state index is 13.6. The number of aliphatic hydroxyl groups is 1. The standard InChI is InChI=1S/C33H35NO6/c1-7-39-26-17-16-21(19-25(26)33(4,5)6)29(35)27-28(24-15-10-9-12-20(24)3)34(31(37)30(27)36)23-14-11-13-22(18-23)32(38)40-8-2/h9-19,28,35H,7-8H2,1-6H3/b29-27+. The highest BCUT2D eigenvalue weighted by Gasteiger charge is 2.47. The zero-order valence-electron chi connectivity index (χ0n) is 23.8. The predicted molar refractivity (Wildman–Crippen MR) is 155 cm³/mol. The molecule has 7 heteroatoms. The third-order valence-corrected chi connectivity index (χ3v) is 6.92. The molecule has 1 fully saturated rings. The number of anilines is 1. The number of benzene rings is 3. The van der Waals surface area contributed by atoms with E-state index in [1.54, 1.807) is 37.3 Å². The molecule has 1 N–H and O–H groups in total. The number of amides is 1. The van der Waals surface area contributed by atoms with E-state index in [9.17, 15) is 19.5 Å². The van der Waals surface area contributed by atoms with Gasteiger partial charge in [0.05, 0.1) is 30.4 Å². The average Bonchev–Trinajstić information content (AvgIpc) is 3.18. The van der Waals surface area contributed by atoms with Crippen molar-refractivity contribution in [1.82, 2.24) is 0 Å². The molecular formula is C33H35NO6. The zero-order chi connectivity index (χ0) is 29.2. The summed E-state index contributed by atoms with van der Waals surface area (Å²) in [5, 5.41) is 11.7. The van der Waals surface area contributed by atoms with E-state index in [1.807, 2.05) is 65.0 Å². The van der Waals surface area contributed by atoms with Gasteiger partial charge in [-0.05, 0) is 73.7 Å². The minimum Gasteiger partial charge on any atom is -0.507 e. The van der Waals surface area contributed by atoms with Crippen molar-refractivity contribution in [3.63, 3.8) is 0 Å². The monoisotopic (exact) mass is 541 g/mol. The van der Waals surface area contributed by atoms with Gasteiger partial charge in [0.15, 0.2) is 0 Å². The van der Waals surface area contributed by atoms with Gasteiger partial charge in [-0.25, -0.2) is 4.79 Å². The van der Waals surface area contributed by atoms with Gasteiger partial charge in [0.1, 0.15) is 11.5 Å². The molecule has 1 heterocycles. The summed E-state index contributed by atoms with van der Waals surface area (Å²) < 4.78 is 11.0. The van der Waals surface area contributed by atoms with E-state index >= 15 is 0 Å². The van der Waals surface area contributed by atoms with Crippen LogP contribution in [0.5, 0.6) is 5.75 Å². The number of ether oxygens (including phenoxy) is 2. The molecule has 0 spiro atoms. The van der Waals surface area contributed by atoms with E-state index in [2.05, 4.69) is 0 Å². The first-order valence-corrected chi connectivity index (χ1v) is 13.4. The van der Waals surface area contributed by atoms with Crippen molar-refractivity contribution in [2.75, 3.05) is 18.1 Å². The molecule has 1 aliphatic heterocycles. The lowest BCUT2D eigenvalue weighted by atomic mass is 9.84. The summed E-state index contributed by atoms with van der Waals surface area (Å²) in [5.41, 5.74) is 3.07. The summed E-state index contributed by atoms with van der Waals surface area (Å²) in [7, 11) is 0. The van der Waals surface area contributed by atoms with Gasteiger partial charge in [-0.15, -0.1) is 0 Å². The minimum atomic E-state index is -0.914. The summed E-state index contributed by atoms with van der Waals surface area (Å²) in [6.45, 7) is 12.3. The normalized spacial score (nSPS) is 16.8. The zero-order valence-corrected chi connectivity index (χ0v) is 23.8. The second-order valence-electron chi connectivity index (χ2n) is 10.7. The SMILES string of the molecule is CCOC(=O)c1cccc(N2C(=O)C(=O)/C(=C(/O)c3ccc(OCC)c(C(C)(C)C)c3)C2c2ccccc2C)c1. The van der Waals surface area contributed by atoms with Crippen LogP contribution in [0.3, 0.4) is 0 Å². The van der Waals surface area contributed by atoms with E-state index in [1.165, 1.54) is 11.0 Å². The highest BCUT2D eigenvalue weighted by Crippen LogP contribution is 2.44. The third-order valence-electron chi connectivity index (χ3n) is 6.92. The van der Waals surface area contributed by atoms with Crippen LogP contribution in [0.2, 0.25) is 0 Å². The van der Waals surface area contributed by atoms with Crippen LogP contribution in [0.25, 0.3) is 5.76 Å². The molecule has 3 aromatic carbocycles. The maximum Gasteiger partial charge on any atom is 0.338 e. The van der Waals surface area contributed by atoms with Gasteiger partial charge in [0.2, 0.25) is 0 Å². The van der Waals surface area contributed by atoms with E-state index < -0.39 is 23.7 Å². The molecule has 1 unspecified atom stereocenters. The van der Waals surface area contributed by atoms with Crippen molar-refractivity contribution in [3.8, 4) is 5.75 Å². The van der Waals surface area contributed by atoms with E-state index in [4.69, 9.17) is 9.47 Å². The van der Waals surface area contributed by atoms with Crippen molar-refractivity contribution in [3.05, 3.63) is 100 Å². The summed E-state index contributed by atoms with van der Waals surface area (Å²) in [6.07, 6.45) is 0. The Labute approximate surface area is 235 Å². The van der Waals surface area contributed by atoms with Crippen LogP contribution in [0.15, 0.2) is 72.3 Å². The van der Waals surface area contributed by atoms with Crippen LogP contribution in [0.1, 0.15) is 73.3 Å². The summed E-state index contributed by atoms with van der Waals surface area (Å²) in [5.74, 6) is -1.71. The number of aryl methyl sites for hydroxylation is 1. The number of hydrogen-bond acceptors (Lipinski definition) is 6. The molecule has 7 nitrogen and oxygen atoms in total. The smallest absolute Gasteiger partial charge is 0.338 e. The lowest BCUT2D eigenvalue weighted by Gasteiger charge is -2.27. The fourth-order valence-corrected chi connectivity index (χ4v) is 4.98. The second-order valence-corrected chi connectivity index (χ2v) is 10.7. The Morgan fingerprint density at radius 3 is 2.30 bits per heavy atom. The van der Waals surface area contributed by atoms with Crippen LogP contribution in [0, 0.1) is 6.92 Å². The number of carbonyl (C=O) groups is 3. The molecule has 0 bridgehead atoms. The highest BCUT2D eigenvalue weighted by atomic mass is 16.5. The van der Waals surface area contributed by atoms with Gasteiger partial charge >= 0.3 is 5.97 Å². The van der Waals surface area contributed by atoms with Crippen LogP contribution >= 0.6 is 0 Å². The lowest BCUT2D eigenvalue weighted by Crippen LogP contribution is -2.30. The topological polar surface area (TPSA) is 93.1 Å². The largest absolute Gasteiger partial charge is 0.507 e. The summed E-state index contributed by atoms with van der Waals surface area (Å²) >= 11 is 0. The van der Waals surface area contributed by atoms with Crippen molar-refractivity contribution in [2.24, 2.45) is 0 Å². The molecule has 1 atom stereocenters. The number of esters is 1. The number of hydrogen-bond donors (Lipinski definition) is 1. The Morgan fingerprint density at radius 2 is 1.65 bits per heavy atom. The molecule has 4 rings (SSSR count). The van der Waals surface area contributed by atoms with Gasteiger partial charge < -0.3 is 14.6 Å². The van der Waals surface area contributed by atoms with Crippen LogP contribution in [-0.4, -0.2) is 36.0 Å². The van der Waals surface area contributed by atoms with E-state index in [0.717, 1.165) is 11.1 Å². The second kappa shape index (κ2) is 11.4. The van der Waals surface area contributed by atoms with Crippen LogP contribution < -0.4 is 9.64 Å². The lowest BCUT2D eigenvalue weighted by molar-refractivity contribution is -0.132. The Bertz CT molecular complexity index is 1500. The third kappa shape index (κ3) is 5.37. The molecule has 0 radical (unpaired) electrons. The first kappa shape index (κ1) is 28.6. The molecule has 40 heavy (non-hydrogen) atoms. The van der Waals surface area contributed by atoms with Crippen LogP contribution in [0.4, 0.5) is 5.69 Å². The Kier molecular flexibility index (Phi) is 8.14. The van der Waals surface area contributed by atoms with Gasteiger partial charge in [-0.1, -0.05) is 51.1 Å². The summed E-state index contributed by atoms with van der Waals surface area (Å²) in [4.78, 5) is 41.1. The van der Waals surface area contributed by atoms with Gasteiger partial charge in [0.25, 0.3) is 11.7 Å². The molecule has 0 aromatic heterocycles. The molecule has 1 amide bonds. The molecule has 0 aliphatic carbocycles. The van der Waals surface area contributed by atoms with E-state index in [-0.39, 0.29) is 28.9 Å².